The van der Waals surface area contributed by atoms with Gasteiger partial charge in [0.25, 0.3) is 5.84 Å². The maximum Gasteiger partial charge on any atom is 0.409 e. The van der Waals surface area contributed by atoms with E-state index in [-0.39, 0.29) is 0 Å². The third kappa shape index (κ3) is 2.04. The molecule has 124 valence electrons. The van der Waals surface area contributed by atoms with E-state index >= 15 is 0 Å². The van der Waals surface area contributed by atoms with Crippen LogP contribution in [0.15, 0.2) is 71.9 Å². The number of nitrogens with one attached hydrogen (secondary N) is 1. The van der Waals surface area contributed by atoms with Crippen LogP contribution >= 0.6 is 0 Å². The Hall–Kier alpha value is -3.40. The summed E-state index contributed by atoms with van der Waals surface area (Å²) in [6.07, 6.45) is 7.25. The van der Waals surface area contributed by atoms with Crippen LogP contribution in [0.3, 0.4) is 0 Å². The molecule has 0 atom stereocenters. The van der Waals surface area contributed by atoms with Crippen LogP contribution in [0.1, 0.15) is 16.7 Å². The molecule has 1 aromatic heterocycles. The van der Waals surface area contributed by atoms with Crippen LogP contribution in [0, 0.1) is 0 Å². The summed E-state index contributed by atoms with van der Waals surface area (Å²) >= 11 is 0. The molecule has 0 saturated heterocycles. The minimum absolute atomic E-state index is 0.762. The predicted octanol–water partition coefficient (Wildman–Crippen LogP) is 4.29. The van der Waals surface area contributed by atoms with Crippen molar-refractivity contribution in [3.63, 3.8) is 0 Å². The van der Waals surface area contributed by atoms with Crippen LogP contribution in [-0.2, 0) is 6.42 Å². The summed E-state index contributed by atoms with van der Waals surface area (Å²) in [5.74, 6) is 1.60. The Bertz CT molecular complexity index is 1330. The van der Waals surface area contributed by atoms with E-state index in [1.54, 1.807) is 4.48 Å². The molecule has 3 nitrogen and oxygen atoms in total. The fourth-order valence-electron chi connectivity index (χ4n) is 4.30. The van der Waals surface area contributed by atoms with Gasteiger partial charge in [-0.1, -0.05) is 48.6 Å². The molecule has 1 aliphatic carbocycles. The minimum atomic E-state index is 0.762. The number of hydrogen-bond acceptors (Lipinski definition) is 1. The van der Waals surface area contributed by atoms with E-state index in [4.69, 9.17) is 13.0 Å². The van der Waals surface area contributed by atoms with Gasteiger partial charge in [0.05, 0.1) is 22.8 Å². The van der Waals surface area contributed by atoms with Gasteiger partial charge in [-0.15, -0.1) is 0 Å². The van der Waals surface area contributed by atoms with E-state index in [1.807, 2.05) is 6.20 Å². The van der Waals surface area contributed by atoms with Crippen molar-refractivity contribution in [1.29, 1.82) is 0 Å². The molecule has 4 heteroatoms. The highest BCUT2D eigenvalue weighted by molar-refractivity contribution is 6.26. The van der Waals surface area contributed by atoms with Crippen LogP contribution in [0.5, 0.6) is 0 Å². The third-order valence-electron chi connectivity index (χ3n) is 5.46. The summed E-state index contributed by atoms with van der Waals surface area (Å²) in [5.41, 5.74) is 4.67. The molecule has 2 radical (unpaired) electrons. The molecule has 0 bridgehead atoms. The highest BCUT2D eigenvalue weighted by Crippen LogP contribution is 2.36. The van der Waals surface area contributed by atoms with Gasteiger partial charge in [-0.05, 0) is 40.6 Å². The Morgan fingerprint density at radius 3 is 2.74 bits per heavy atom. The summed E-state index contributed by atoms with van der Waals surface area (Å²) < 4.78 is 1.65. The lowest BCUT2D eigenvalue weighted by Gasteiger charge is -2.13. The summed E-state index contributed by atoms with van der Waals surface area (Å²) in [4.78, 5) is 4.99. The second kappa shape index (κ2) is 5.30. The molecule has 4 aromatic rings. The van der Waals surface area contributed by atoms with Crippen LogP contribution in [0.25, 0.3) is 27.6 Å². The summed E-state index contributed by atoms with van der Waals surface area (Å²) in [6.45, 7) is 0. The normalized spacial score (nSPS) is 15.6. The highest BCUT2D eigenvalue weighted by Gasteiger charge is 2.26. The van der Waals surface area contributed by atoms with Gasteiger partial charge in [0.2, 0.25) is 0 Å². The number of aliphatic imine (C=N–C) groups is 1. The smallest absolute Gasteiger partial charge is 0.318 e. The number of aromatic nitrogens is 1. The first kappa shape index (κ1) is 14.7. The first-order valence-corrected chi connectivity index (χ1v) is 9.09. The van der Waals surface area contributed by atoms with Gasteiger partial charge >= 0.3 is 13.8 Å². The van der Waals surface area contributed by atoms with Gasteiger partial charge < -0.3 is 5.32 Å². The second-order valence-electron chi connectivity index (χ2n) is 7.06. The van der Waals surface area contributed by atoms with E-state index in [9.17, 15) is 0 Å². The first-order valence-electron chi connectivity index (χ1n) is 9.09. The van der Waals surface area contributed by atoms with Gasteiger partial charge in [0.15, 0.2) is 0 Å². The molecule has 0 unspecified atom stereocenters. The van der Waals surface area contributed by atoms with Crippen LogP contribution in [-0.4, -0.2) is 13.8 Å². The maximum atomic E-state index is 6.38. The third-order valence-corrected chi connectivity index (χ3v) is 5.46. The first-order chi connectivity index (χ1) is 13.3. The Balaban J connectivity index is 1.63. The lowest BCUT2D eigenvalue weighted by molar-refractivity contribution is -0.506. The van der Waals surface area contributed by atoms with Crippen molar-refractivity contribution in [2.24, 2.45) is 4.99 Å². The number of amidine groups is 1. The maximum absolute atomic E-state index is 6.38. The molecule has 27 heavy (non-hydrogen) atoms. The fourth-order valence-corrected chi connectivity index (χ4v) is 4.30. The fraction of sp³-hybridized carbons (Fsp3) is 0.0435. The zero-order valence-corrected chi connectivity index (χ0v) is 14.6. The molecule has 0 amide bonds. The minimum Gasteiger partial charge on any atom is -0.318 e. The molecule has 0 spiro atoms. The van der Waals surface area contributed by atoms with Crippen molar-refractivity contribution in [3.05, 3.63) is 83.6 Å². The number of rotatable bonds is 1. The number of pyridine rings is 1. The number of benzene rings is 3. The molecular weight excluding hydrogens is 329 g/mol. The largest absolute Gasteiger partial charge is 0.409 e. The Morgan fingerprint density at radius 1 is 0.963 bits per heavy atom. The molecule has 3 aromatic carbocycles. The molecule has 2 aliphatic rings. The molecule has 6 rings (SSSR count). The van der Waals surface area contributed by atoms with E-state index in [0.717, 1.165) is 34.7 Å². The van der Waals surface area contributed by atoms with Gasteiger partial charge in [0, 0.05) is 16.3 Å². The average molecular weight is 344 g/mol. The lowest BCUT2D eigenvalue weighted by atomic mass is 9.94. The number of hydrogen-bond donors (Lipinski definition) is 1. The standard InChI is InChI=1S/C23H15BN3/c24-27-13-16-9-1-5-14-6-3-11-18(20(14)16)23(27)26-22-17-10-2-7-15-8-4-12-19(25-22)21(15)17/h1-8,10-13H,9H2,(H,25,26)/q+1. The zero-order chi connectivity index (χ0) is 18.0. The summed E-state index contributed by atoms with van der Waals surface area (Å²) in [5, 5.41) is 8.22. The van der Waals surface area contributed by atoms with Crippen LogP contribution < -0.4 is 9.79 Å². The highest BCUT2D eigenvalue weighted by atomic mass is 15.1. The second-order valence-corrected chi connectivity index (χ2v) is 7.06. The summed E-state index contributed by atoms with van der Waals surface area (Å²) in [7, 11) is 6.38. The molecule has 1 N–H and O–H groups in total. The SMILES string of the molecule is [B][n+]1cc2c3c(cccc3c1N=C1Nc3cccc4cccc1c34)C=CC2. The lowest BCUT2D eigenvalue weighted by Crippen LogP contribution is -2.33. The van der Waals surface area contributed by atoms with Crippen LogP contribution in [0.4, 0.5) is 11.5 Å². The van der Waals surface area contributed by atoms with Crippen molar-refractivity contribution < 1.29 is 4.48 Å². The van der Waals surface area contributed by atoms with Gasteiger partial charge in [-0.3, -0.25) is 4.48 Å². The van der Waals surface area contributed by atoms with Crippen molar-refractivity contribution in [2.75, 3.05) is 5.32 Å². The van der Waals surface area contributed by atoms with Gasteiger partial charge in [0.1, 0.15) is 0 Å². The van der Waals surface area contributed by atoms with Crippen molar-refractivity contribution >= 4 is 52.9 Å². The Kier molecular flexibility index (Phi) is 2.90. The topological polar surface area (TPSA) is 28.3 Å². The molecule has 2 heterocycles. The quantitative estimate of drug-likeness (QED) is 0.513. The van der Waals surface area contributed by atoms with E-state index in [0.29, 0.717) is 0 Å². The molecule has 0 saturated carbocycles. The van der Waals surface area contributed by atoms with Gasteiger partial charge in [-0.2, -0.15) is 0 Å². The summed E-state index contributed by atoms with van der Waals surface area (Å²) in [6, 6.07) is 18.9. The van der Waals surface area contributed by atoms with Crippen LogP contribution in [0.2, 0.25) is 0 Å². The Morgan fingerprint density at radius 2 is 1.81 bits per heavy atom. The number of anilines is 1. The van der Waals surface area contributed by atoms with E-state index in [2.05, 4.69) is 72.1 Å². The Labute approximate surface area is 158 Å². The van der Waals surface area contributed by atoms with Crippen molar-refractivity contribution in [2.45, 2.75) is 6.42 Å². The van der Waals surface area contributed by atoms with Crippen molar-refractivity contribution in [3.8, 4) is 0 Å². The van der Waals surface area contributed by atoms with E-state index < -0.39 is 0 Å². The number of nitrogens with zero attached hydrogens (tertiary/aromatic N) is 2. The van der Waals surface area contributed by atoms with Gasteiger partial charge in [-0.25, -0.2) is 0 Å². The van der Waals surface area contributed by atoms with Crippen molar-refractivity contribution in [1.82, 2.24) is 0 Å². The zero-order valence-electron chi connectivity index (χ0n) is 14.6. The number of allylic oxidation sites excluding steroid dienone is 1. The molecule has 0 fully saturated rings. The monoisotopic (exact) mass is 344 g/mol. The molecular formula is C23H15BN3+. The average Bonchev–Trinajstić information content (AvgIpc) is 3.05. The molecule has 1 aliphatic heterocycles. The predicted molar refractivity (Wildman–Crippen MR) is 112 cm³/mol. The van der Waals surface area contributed by atoms with E-state index in [1.165, 1.54) is 27.3 Å².